The number of rotatable bonds is 4. The van der Waals surface area contributed by atoms with Gasteiger partial charge < -0.3 is 5.32 Å². The Bertz CT molecular complexity index is 639. The Hall–Kier alpha value is -2.68. The fraction of sp³-hybridized carbons (Fsp3) is 0.111. The standard InChI is InChI=1S/C18H17N3/c1-14-12-13-17(21-20-14)19-18(15-8-4-2-5-9-15)16-10-6-3-7-11-16/h2-13,18H,1H3,(H,19,21). The maximum atomic E-state index is 4.21. The van der Waals surface area contributed by atoms with Crippen LogP contribution in [-0.2, 0) is 0 Å². The van der Waals surface area contributed by atoms with Crippen LogP contribution in [0.2, 0.25) is 0 Å². The van der Waals surface area contributed by atoms with Gasteiger partial charge in [-0.25, -0.2) is 0 Å². The first-order valence-corrected chi connectivity index (χ1v) is 7.00. The van der Waals surface area contributed by atoms with E-state index in [-0.39, 0.29) is 6.04 Å². The molecule has 1 aromatic heterocycles. The molecule has 3 heteroatoms. The molecule has 0 bridgehead atoms. The zero-order valence-corrected chi connectivity index (χ0v) is 11.9. The van der Waals surface area contributed by atoms with Crippen molar-refractivity contribution in [1.29, 1.82) is 0 Å². The summed E-state index contributed by atoms with van der Waals surface area (Å²) in [7, 11) is 0. The van der Waals surface area contributed by atoms with Crippen LogP contribution < -0.4 is 5.32 Å². The number of aryl methyl sites for hydroxylation is 1. The minimum Gasteiger partial charge on any atom is -0.358 e. The summed E-state index contributed by atoms with van der Waals surface area (Å²) in [6, 6.07) is 24.7. The number of anilines is 1. The Morgan fingerprint density at radius 1 is 0.714 bits per heavy atom. The van der Waals surface area contributed by atoms with Crippen LogP contribution in [0.15, 0.2) is 72.8 Å². The van der Waals surface area contributed by atoms with E-state index in [1.807, 2.05) is 55.5 Å². The first-order valence-electron chi connectivity index (χ1n) is 7.00. The number of aromatic nitrogens is 2. The van der Waals surface area contributed by atoms with Crippen LogP contribution in [0.3, 0.4) is 0 Å². The summed E-state index contributed by atoms with van der Waals surface area (Å²) in [5.41, 5.74) is 3.31. The Kier molecular flexibility index (Phi) is 3.92. The summed E-state index contributed by atoms with van der Waals surface area (Å²) in [4.78, 5) is 0. The summed E-state index contributed by atoms with van der Waals surface area (Å²) < 4.78 is 0. The van der Waals surface area contributed by atoms with E-state index in [9.17, 15) is 0 Å². The predicted octanol–water partition coefficient (Wildman–Crippen LogP) is 3.99. The molecule has 3 nitrogen and oxygen atoms in total. The second-order valence-electron chi connectivity index (χ2n) is 4.96. The highest BCUT2D eigenvalue weighted by Gasteiger charge is 2.14. The SMILES string of the molecule is Cc1ccc(NC(c2ccccc2)c2ccccc2)nn1. The molecule has 0 aliphatic carbocycles. The van der Waals surface area contributed by atoms with Crippen molar-refractivity contribution in [2.24, 2.45) is 0 Å². The van der Waals surface area contributed by atoms with Crippen molar-refractivity contribution in [3.63, 3.8) is 0 Å². The number of hydrogen-bond acceptors (Lipinski definition) is 3. The fourth-order valence-electron chi connectivity index (χ4n) is 2.27. The highest BCUT2D eigenvalue weighted by Crippen LogP contribution is 2.25. The number of nitrogens with one attached hydrogen (secondary N) is 1. The summed E-state index contributed by atoms with van der Waals surface area (Å²) >= 11 is 0. The Labute approximate surface area is 124 Å². The third kappa shape index (κ3) is 3.26. The van der Waals surface area contributed by atoms with Crippen LogP contribution in [0.25, 0.3) is 0 Å². The van der Waals surface area contributed by atoms with Gasteiger partial charge in [-0.05, 0) is 30.2 Å². The number of nitrogens with zero attached hydrogens (tertiary/aromatic N) is 2. The van der Waals surface area contributed by atoms with Crippen molar-refractivity contribution in [2.45, 2.75) is 13.0 Å². The summed E-state index contributed by atoms with van der Waals surface area (Å²) in [5.74, 6) is 0.776. The molecular formula is C18H17N3. The van der Waals surface area contributed by atoms with Gasteiger partial charge in [-0.3, -0.25) is 0 Å². The fourth-order valence-corrected chi connectivity index (χ4v) is 2.27. The maximum absolute atomic E-state index is 4.21. The van der Waals surface area contributed by atoms with Crippen LogP contribution in [0.1, 0.15) is 22.9 Å². The van der Waals surface area contributed by atoms with Gasteiger partial charge in [0, 0.05) is 0 Å². The van der Waals surface area contributed by atoms with E-state index in [0.29, 0.717) is 0 Å². The van der Waals surface area contributed by atoms with E-state index >= 15 is 0 Å². The molecule has 104 valence electrons. The third-order valence-electron chi connectivity index (χ3n) is 3.36. The van der Waals surface area contributed by atoms with Crippen LogP contribution in [0.5, 0.6) is 0 Å². The van der Waals surface area contributed by atoms with Crippen molar-refractivity contribution in [3.8, 4) is 0 Å². The molecule has 0 aliphatic heterocycles. The zero-order valence-electron chi connectivity index (χ0n) is 11.9. The van der Waals surface area contributed by atoms with Gasteiger partial charge in [-0.15, -0.1) is 5.10 Å². The molecule has 0 saturated carbocycles. The summed E-state index contributed by atoms with van der Waals surface area (Å²) in [5, 5.41) is 11.8. The molecular weight excluding hydrogens is 258 g/mol. The van der Waals surface area contributed by atoms with Crippen molar-refractivity contribution < 1.29 is 0 Å². The highest BCUT2D eigenvalue weighted by molar-refractivity contribution is 5.43. The molecule has 3 rings (SSSR count). The van der Waals surface area contributed by atoms with Gasteiger partial charge in [0.05, 0.1) is 11.7 Å². The largest absolute Gasteiger partial charge is 0.358 e. The van der Waals surface area contributed by atoms with E-state index in [1.165, 1.54) is 11.1 Å². The molecule has 0 unspecified atom stereocenters. The number of hydrogen-bond donors (Lipinski definition) is 1. The lowest BCUT2D eigenvalue weighted by atomic mass is 9.99. The monoisotopic (exact) mass is 275 g/mol. The van der Waals surface area contributed by atoms with E-state index in [1.54, 1.807) is 0 Å². The van der Waals surface area contributed by atoms with Crippen molar-refractivity contribution in [1.82, 2.24) is 10.2 Å². The van der Waals surface area contributed by atoms with Gasteiger partial charge in [0.15, 0.2) is 0 Å². The number of benzene rings is 2. The van der Waals surface area contributed by atoms with Gasteiger partial charge in [0.1, 0.15) is 5.82 Å². The second-order valence-corrected chi connectivity index (χ2v) is 4.96. The summed E-state index contributed by atoms with van der Waals surface area (Å²) in [6.07, 6.45) is 0. The molecule has 0 atom stereocenters. The van der Waals surface area contributed by atoms with E-state index < -0.39 is 0 Å². The summed E-state index contributed by atoms with van der Waals surface area (Å²) in [6.45, 7) is 1.93. The van der Waals surface area contributed by atoms with E-state index in [0.717, 1.165) is 11.5 Å². The molecule has 1 N–H and O–H groups in total. The lowest BCUT2D eigenvalue weighted by Gasteiger charge is -2.20. The van der Waals surface area contributed by atoms with Crippen molar-refractivity contribution >= 4 is 5.82 Å². The van der Waals surface area contributed by atoms with Crippen LogP contribution >= 0.6 is 0 Å². The molecule has 0 aliphatic rings. The minimum absolute atomic E-state index is 0.0596. The lowest BCUT2D eigenvalue weighted by Crippen LogP contribution is -2.13. The molecule has 0 spiro atoms. The van der Waals surface area contributed by atoms with Crippen molar-refractivity contribution in [3.05, 3.63) is 89.6 Å². The first-order chi connectivity index (χ1) is 10.3. The van der Waals surface area contributed by atoms with Gasteiger partial charge in [-0.2, -0.15) is 5.10 Å². The Balaban J connectivity index is 1.95. The van der Waals surface area contributed by atoms with Gasteiger partial charge >= 0.3 is 0 Å². The zero-order chi connectivity index (χ0) is 14.5. The van der Waals surface area contributed by atoms with Gasteiger partial charge in [0.25, 0.3) is 0 Å². The average molecular weight is 275 g/mol. The molecule has 0 radical (unpaired) electrons. The van der Waals surface area contributed by atoms with Crippen molar-refractivity contribution in [2.75, 3.05) is 5.32 Å². The molecule has 0 saturated heterocycles. The molecule has 1 heterocycles. The normalized spacial score (nSPS) is 10.6. The van der Waals surface area contributed by atoms with Gasteiger partial charge in [-0.1, -0.05) is 60.7 Å². The topological polar surface area (TPSA) is 37.8 Å². The highest BCUT2D eigenvalue weighted by atomic mass is 15.2. The quantitative estimate of drug-likeness (QED) is 0.782. The molecule has 0 amide bonds. The Morgan fingerprint density at radius 3 is 1.76 bits per heavy atom. The van der Waals surface area contributed by atoms with Crippen LogP contribution in [0.4, 0.5) is 5.82 Å². The second kappa shape index (κ2) is 6.18. The van der Waals surface area contributed by atoms with Gasteiger partial charge in [0.2, 0.25) is 0 Å². The molecule has 2 aromatic carbocycles. The van der Waals surface area contributed by atoms with Crippen LogP contribution in [-0.4, -0.2) is 10.2 Å². The predicted molar refractivity (Wildman–Crippen MR) is 85.1 cm³/mol. The average Bonchev–Trinajstić information content (AvgIpc) is 2.56. The maximum Gasteiger partial charge on any atom is 0.149 e. The molecule has 0 fully saturated rings. The first kappa shape index (κ1) is 13.3. The minimum atomic E-state index is 0.0596. The third-order valence-corrected chi connectivity index (χ3v) is 3.36. The molecule has 3 aromatic rings. The van der Waals surface area contributed by atoms with E-state index in [4.69, 9.17) is 0 Å². The smallest absolute Gasteiger partial charge is 0.149 e. The van der Waals surface area contributed by atoms with E-state index in [2.05, 4.69) is 39.8 Å². The lowest BCUT2D eigenvalue weighted by molar-refractivity contribution is 0.895. The molecule has 21 heavy (non-hydrogen) atoms. The Morgan fingerprint density at radius 2 is 1.29 bits per heavy atom. The van der Waals surface area contributed by atoms with Crippen LogP contribution in [0, 0.1) is 6.92 Å².